The maximum atomic E-state index is 13.0. The molecule has 4 bridgehead atoms. The number of carboxylic acids is 1. The Morgan fingerprint density at radius 1 is 1.06 bits per heavy atom. The number of benzene rings is 1. The van der Waals surface area contributed by atoms with Crippen LogP contribution in [0.5, 0.6) is 0 Å². The Morgan fingerprint density at radius 3 is 2.31 bits per heavy atom. The second-order valence-electron chi connectivity index (χ2n) is 11.0. The summed E-state index contributed by atoms with van der Waals surface area (Å²) in [4.78, 5) is 29.8. The minimum atomic E-state index is -3.65. The van der Waals surface area contributed by atoms with Crippen molar-refractivity contribution in [3.63, 3.8) is 0 Å². The third-order valence-corrected chi connectivity index (χ3v) is 9.58. The van der Waals surface area contributed by atoms with E-state index in [9.17, 15) is 23.1 Å². The van der Waals surface area contributed by atoms with Crippen molar-refractivity contribution in [2.45, 2.75) is 50.7 Å². The van der Waals surface area contributed by atoms with Crippen molar-refractivity contribution in [3.05, 3.63) is 42.2 Å². The molecule has 4 fully saturated rings. The van der Waals surface area contributed by atoms with Crippen LogP contribution in [0.4, 0.5) is 4.79 Å². The van der Waals surface area contributed by atoms with E-state index in [1.165, 1.54) is 29.6 Å². The van der Waals surface area contributed by atoms with Crippen LogP contribution in [0.3, 0.4) is 0 Å². The van der Waals surface area contributed by atoms with Crippen molar-refractivity contribution in [3.8, 4) is 0 Å². The number of alkyl carbamates (subject to hydrolysis) is 1. The highest BCUT2D eigenvalue weighted by molar-refractivity contribution is 7.89. The Labute approximate surface area is 208 Å². The molecular formula is C26H29N3O6S. The lowest BCUT2D eigenvalue weighted by Crippen LogP contribution is -2.54. The van der Waals surface area contributed by atoms with Crippen LogP contribution in [0.25, 0.3) is 21.8 Å². The molecule has 10 heteroatoms. The van der Waals surface area contributed by atoms with Crippen LogP contribution in [0.1, 0.15) is 44.7 Å². The first-order valence-corrected chi connectivity index (χ1v) is 14.2. The highest BCUT2D eigenvalue weighted by Crippen LogP contribution is 2.54. The van der Waals surface area contributed by atoms with E-state index in [-0.39, 0.29) is 11.8 Å². The average molecular weight is 512 g/mol. The first kappa shape index (κ1) is 23.3. The van der Waals surface area contributed by atoms with E-state index in [0.717, 1.165) is 43.8 Å². The number of fused-ring (bicyclic) bond motifs is 3. The van der Waals surface area contributed by atoms with Crippen molar-refractivity contribution in [2.24, 2.45) is 23.7 Å². The molecule has 190 valence electrons. The number of para-hydroxylation sites is 1. The summed E-state index contributed by atoms with van der Waals surface area (Å²) in [5, 5.41) is 13.9. The van der Waals surface area contributed by atoms with Crippen molar-refractivity contribution in [1.82, 2.24) is 14.3 Å². The highest BCUT2D eigenvalue weighted by atomic mass is 32.2. The Kier molecular flexibility index (Phi) is 5.13. The number of rotatable bonds is 5. The lowest BCUT2D eigenvalue weighted by atomic mass is 9.55. The number of pyridine rings is 1. The second kappa shape index (κ2) is 7.93. The molecule has 0 aliphatic heterocycles. The van der Waals surface area contributed by atoms with E-state index in [1.54, 1.807) is 24.3 Å². The van der Waals surface area contributed by atoms with Crippen LogP contribution < -0.4 is 5.32 Å². The van der Waals surface area contributed by atoms with Crippen LogP contribution in [-0.4, -0.2) is 46.9 Å². The van der Waals surface area contributed by atoms with Gasteiger partial charge in [-0.05, 0) is 74.8 Å². The zero-order chi connectivity index (χ0) is 25.4. The number of aliphatic carboxylic acids is 1. The molecule has 4 saturated carbocycles. The molecule has 3 aromatic rings. The number of carbonyl (C=O) groups excluding carboxylic acids is 1. The van der Waals surface area contributed by atoms with Gasteiger partial charge in [-0.15, -0.1) is 0 Å². The average Bonchev–Trinajstić information content (AvgIpc) is 3.15. The van der Waals surface area contributed by atoms with Crippen molar-refractivity contribution >= 4 is 43.9 Å². The number of carbonyl (C=O) groups is 2. The zero-order valence-corrected chi connectivity index (χ0v) is 21.0. The van der Waals surface area contributed by atoms with E-state index in [0.29, 0.717) is 33.6 Å². The van der Waals surface area contributed by atoms with Crippen molar-refractivity contribution in [1.29, 1.82) is 0 Å². The SMILES string of the molecule is C[C@](NC(=O)OC1C2CC3CC(C2)CC1C3)(C(=O)O)c1cc2c3ccccc3n(S(C)(=O)=O)c2cn1. The molecule has 0 unspecified atom stereocenters. The van der Waals surface area contributed by atoms with Gasteiger partial charge >= 0.3 is 12.1 Å². The van der Waals surface area contributed by atoms with Gasteiger partial charge < -0.3 is 15.2 Å². The minimum Gasteiger partial charge on any atom is -0.479 e. The Morgan fingerprint density at radius 2 is 1.69 bits per heavy atom. The normalized spacial score (nSPS) is 28.8. The van der Waals surface area contributed by atoms with Gasteiger partial charge in [-0.3, -0.25) is 4.98 Å². The predicted molar refractivity (Wildman–Crippen MR) is 133 cm³/mol. The fourth-order valence-corrected chi connectivity index (χ4v) is 8.14. The lowest BCUT2D eigenvalue weighted by molar-refractivity contribution is -0.145. The predicted octanol–water partition coefficient (Wildman–Crippen LogP) is 3.85. The maximum absolute atomic E-state index is 13.0. The summed E-state index contributed by atoms with van der Waals surface area (Å²) in [6, 6.07) is 8.52. The van der Waals surface area contributed by atoms with Gasteiger partial charge in [0.2, 0.25) is 10.0 Å². The van der Waals surface area contributed by atoms with Gasteiger partial charge in [0.15, 0.2) is 5.54 Å². The molecule has 1 aromatic carbocycles. The largest absolute Gasteiger partial charge is 0.479 e. The van der Waals surface area contributed by atoms with Gasteiger partial charge in [-0.25, -0.2) is 22.0 Å². The van der Waals surface area contributed by atoms with Crippen LogP contribution >= 0.6 is 0 Å². The van der Waals surface area contributed by atoms with Gasteiger partial charge in [-0.2, -0.15) is 0 Å². The van der Waals surface area contributed by atoms with Crippen LogP contribution in [0.2, 0.25) is 0 Å². The lowest BCUT2D eigenvalue weighted by Gasteiger charge is -2.53. The summed E-state index contributed by atoms with van der Waals surface area (Å²) >= 11 is 0. The summed E-state index contributed by atoms with van der Waals surface area (Å²) in [6.07, 6.45) is 7.08. The summed E-state index contributed by atoms with van der Waals surface area (Å²) in [7, 11) is -3.65. The molecule has 9 nitrogen and oxygen atoms in total. The molecule has 1 atom stereocenters. The smallest absolute Gasteiger partial charge is 0.408 e. The Hall–Kier alpha value is -3.14. The number of nitrogens with one attached hydrogen (secondary N) is 1. The fraction of sp³-hybridized carbons (Fsp3) is 0.500. The van der Waals surface area contributed by atoms with Crippen molar-refractivity contribution < 1.29 is 27.9 Å². The van der Waals surface area contributed by atoms with Crippen LogP contribution in [0.15, 0.2) is 36.5 Å². The van der Waals surface area contributed by atoms with Gasteiger partial charge in [0.1, 0.15) is 6.10 Å². The first-order chi connectivity index (χ1) is 17.0. The highest BCUT2D eigenvalue weighted by Gasteiger charge is 2.50. The molecule has 0 saturated heterocycles. The summed E-state index contributed by atoms with van der Waals surface area (Å²) in [6.45, 7) is 1.37. The van der Waals surface area contributed by atoms with Gasteiger partial charge in [0, 0.05) is 10.8 Å². The molecule has 2 aromatic heterocycles. The quantitative estimate of drug-likeness (QED) is 0.533. The summed E-state index contributed by atoms with van der Waals surface area (Å²) < 4.78 is 32.1. The third kappa shape index (κ3) is 3.56. The molecule has 2 heterocycles. The molecule has 36 heavy (non-hydrogen) atoms. The first-order valence-electron chi connectivity index (χ1n) is 12.4. The number of carboxylic acid groups (broad SMARTS) is 1. The molecule has 1 amide bonds. The number of amides is 1. The van der Waals surface area contributed by atoms with E-state index >= 15 is 0 Å². The van der Waals surface area contributed by atoms with E-state index < -0.39 is 27.6 Å². The topological polar surface area (TPSA) is 128 Å². The number of hydrogen-bond acceptors (Lipinski definition) is 6. The van der Waals surface area contributed by atoms with Crippen LogP contribution in [-0.2, 0) is 25.1 Å². The standard InChI is InChI=1S/C26H29N3O6S/c1-26(24(30)31,28-25(32)35-23-16-8-14-7-15(10-16)11-17(23)9-14)22-12-19-18-5-3-4-6-20(18)29(36(2,33)34)21(19)13-27-22/h3-6,12-17,23H,7-11H2,1-2H3,(H,28,32)(H,30,31)/t14?,15?,16?,17?,23?,26-/m1/s1. The molecule has 4 aliphatic carbocycles. The monoisotopic (exact) mass is 511 g/mol. The molecular weight excluding hydrogens is 482 g/mol. The van der Waals surface area contributed by atoms with Gasteiger partial charge in [-0.1, -0.05) is 18.2 Å². The Bertz CT molecular complexity index is 1480. The van der Waals surface area contributed by atoms with Gasteiger partial charge in [0.25, 0.3) is 0 Å². The second-order valence-corrected chi connectivity index (χ2v) is 12.8. The van der Waals surface area contributed by atoms with Crippen LogP contribution in [0, 0.1) is 23.7 Å². The number of aromatic nitrogens is 2. The minimum absolute atomic E-state index is 0.0842. The molecule has 0 spiro atoms. The molecule has 4 aliphatic rings. The van der Waals surface area contributed by atoms with E-state index in [2.05, 4.69) is 10.3 Å². The Balaban J connectivity index is 1.34. The zero-order valence-electron chi connectivity index (χ0n) is 20.2. The van der Waals surface area contributed by atoms with E-state index in [1.807, 2.05) is 0 Å². The van der Waals surface area contributed by atoms with E-state index in [4.69, 9.17) is 4.74 Å². The summed E-state index contributed by atoms with van der Waals surface area (Å²) in [5.74, 6) is 0.858. The third-order valence-electron chi connectivity index (χ3n) is 8.52. The number of ether oxygens (including phenoxy) is 1. The fourth-order valence-electron chi connectivity index (χ4n) is 7.12. The van der Waals surface area contributed by atoms with Gasteiger partial charge in [0.05, 0.1) is 29.2 Å². The number of hydrogen-bond donors (Lipinski definition) is 2. The molecule has 0 radical (unpaired) electrons. The maximum Gasteiger partial charge on any atom is 0.408 e. The summed E-state index contributed by atoms with van der Waals surface area (Å²) in [5.41, 5.74) is -0.974. The number of nitrogens with zero attached hydrogens (tertiary/aromatic N) is 2. The molecule has 2 N–H and O–H groups in total. The molecule has 7 rings (SSSR count). The van der Waals surface area contributed by atoms with Crippen molar-refractivity contribution in [2.75, 3.05) is 6.26 Å².